The van der Waals surface area contributed by atoms with Gasteiger partial charge in [0.15, 0.2) is 0 Å². The standard InChI is InChI=1S/C16H23FN2O3/c1-2-22-15-5-3-4-12(6-15)8-18-16(21)10-19-9-13(17)7-14(19)11-20/h3-6,13-14,20H,2,7-11H2,1H3,(H,18,21)/t13-,14-/m0/s1. The van der Waals surface area contributed by atoms with E-state index in [1.165, 1.54) is 0 Å². The summed E-state index contributed by atoms with van der Waals surface area (Å²) in [5.74, 6) is 0.601. The zero-order valence-corrected chi connectivity index (χ0v) is 12.8. The fourth-order valence-electron chi connectivity index (χ4n) is 2.66. The number of carbonyl (C=O) groups excluding carboxylic acids is 1. The Hall–Kier alpha value is -1.66. The molecule has 5 nitrogen and oxygen atoms in total. The number of ether oxygens (including phenoxy) is 1. The second-order valence-corrected chi connectivity index (χ2v) is 5.46. The van der Waals surface area contributed by atoms with E-state index in [2.05, 4.69) is 5.32 Å². The van der Waals surface area contributed by atoms with E-state index in [9.17, 15) is 14.3 Å². The number of aliphatic hydroxyl groups is 1. The summed E-state index contributed by atoms with van der Waals surface area (Å²) in [6, 6.07) is 7.27. The van der Waals surface area contributed by atoms with Gasteiger partial charge in [0.25, 0.3) is 0 Å². The van der Waals surface area contributed by atoms with E-state index in [1.54, 1.807) is 4.90 Å². The predicted octanol–water partition coefficient (Wildman–Crippen LogP) is 1.11. The van der Waals surface area contributed by atoms with Crippen molar-refractivity contribution in [1.29, 1.82) is 0 Å². The molecule has 2 atom stereocenters. The van der Waals surface area contributed by atoms with Gasteiger partial charge in [0.2, 0.25) is 5.91 Å². The molecule has 0 bridgehead atoms. The van der Waals surface area contributed by atoms with Crippen LogP contribution in [-0.4, -0.2) is 54.4 Å². The lowest BCUT2D eigenvalue weighted by molar-refractivity contribution is -0.122. The molecular formula is C16H23FN2O3. The second-order valence-electron chi connectivity index (χ2n) is 5.46. The number of amides is 1. The third kappa shape index (κ3) is 4.68. The summed E-state index contributed by atoms with van der Waals surface area (Å²) in [6.07, 6.45) is -0.673. The molecule has 0 saturated carbocycles. The minimum atomic E-state index is -0.965. The number of halogens is 1. The lowest BCUT2D eigenvalue weighted by atomic mass is 10.2. The molecule has 1 fully saturated rings. The number of nitrogens with zero attached hydrogens (tertiary/aromatic N) is 1. The Morgan fingerprint density at radius 3 is 3.09 bits per heavy atom. The van der Waals surface area contributed by atoms with Crippen LogP contribution >= 0.6 is 0 Å². The highest BCUT2D eigenvalue weighted by atomic mass is 19.1. The van der Waals surface area contributed by atoms with Crippen molar-refractivity contribution in [3.8, 4) is 5.75 Å². The van der Waals surface area contributed by atoms with Crippen LogP contribution < -0.4 is 10.1 Å². The van der Waals surface area contributed by atoms with Gasteiger partial charge in [0.1, 0.15) is 11.9 Å². The monoisotopic (exact) mass is 310 g/mol. The van der Waals surface area contributed by atoms with Crippen LogP contribution in [0.1, 0.15) is 18.9 Å². The number of hydrogen-bond acceptors (Lipinski definition) is 4. The largest absolute Gasteiger partial charge is 0.494 e. The molecule has 2 rings (SSSR count). The maximum atomic E-state index is 13.3. The lowest BCUT2D eigenvalue weighted by Gasteiger charge is -2.21. The Bertz CT molecular complexity index is 498. The second kappa shape index (κ2) is 8.10. The lowest BCUT2D eigenvalue weighted by Crippen LogP contribution is -2.41. The predicted molar refractivity (Wildman–Crippen MR) is 81.4 cm³/mol. The van der Waals surface area contributed by atoms with E-state index >= 15 is 0 Å². The van der Waals surface area contributed by atoms with Crippen molar-refractivity contribution < 1.29 is 19.0 Å². The third-order valence-electron chi connectivity index (χ3n) is 3.73. The first kappa shape index (κ1) is 16.7. The van der Waals surface area contributed by atoms with Gasteiger partial charge in [-0.25, -0.2) is 4.39 Å². The van der Waals surface area contributed by atoms with Crippen molar-refractivity contribution in [3.05, 3.63) is 29.8 Å². The number of likely N-dealkylation sites (tertiary alicyclic amines) is 1. The van der Waals surface area contributed by atoms with Crippen LogP contribution in [0.25, 0.3) is 0 Å². The molecule has 1 aromatic rings. The smallest absolute Gasteiger partial charge is 0.234 e. The zero-order chi connectivity index (χ0) is 15.9. The normalized spacial score (nSPS) is 21.8. The third-order valence-corrected chi connectivity index (χ3v) is 3.73. The summed E-state index contributed by atoms with van der Waals surface area (Å²) in [6.45, 7) is 3.10. The summed E-state index contributed by atoms with van der Waals surface area (Å²) in [5.41, 5.74) is 0.947. The van der Waals surface area contributed by atoms with Crippen LogP contribution in [-0.2, 0) is 11.3 Å². The maximum absolute atomic E-state index is 13.3. The molecule has 0 aliphatic carbocycles. The molecule has 2 N–H and O–H groups in total. The highest BCUT2D eigenvalue weighted by Gasteiger charge is 2.32. The van der Waals surface area contributed by atoms with Crippen molar-refractivity contribution in [1.82, 2.24) is 10.2 Å². The fourth-order valence-corrected chi connectivity index (χ4v) is 2.66. The Morgan fingerprint density at radius 1 is 1.55 bits per heavy atom. The quantitative estimate of drug-likeness (QED) is 0.792. The molecule has 1 aromatic carbocycles. The summed E-state index contributed by atoms with van der Waals surface area (Å²) in [5, 5.41) is 12.0. The first-order valence-corrected chi connectivity index (χ1v) is 7.59. The Labute approximate surface area is 130 Å². The van der Waals surface area contributed by atoms with E-state index < -0.39 is 6.17 Å². The molecule has 1 amide bonds. The van der Waals surface area contributed by atoms with Crippen LogP contribution in [0.2, 0.25) is 0 Å². The highest BCUT2D eigenvalue weighted by molar-refractivity contribution is 5.78. The molecule has 6 heteroatoms. The molecule has 122 valence electrons. The van der Waals surface area contributed by atoms with Gasteiger partial charge in [-0.15, -0.1) is 0 Å². The SMILES string of the molecule is CCOc1cccc(CNC(=O)CN2C[C@@H](F)C[C@H]2CO)c1. The van der Waals surface area contributed by atoms with Crippen LogP contribution in [0.3, 0.4) is 0 Å². The first-order valence-electron chi connectivity index (χ1n) is 7.59. The molecule has 1 heterocycles. The van der Waals surface area contributed by atoms with Crippen LogP contribution in [0, 0.1) is 0 Å². The summed E-state index contributed by atoms with van der Waals surface area (Å²) in [4.78, 5) is 13.7. The molecule has 1 aliphatic rings. The Balaban J connectivity index is 1.81. The number of aliphatic hydroxyl groups excluding tert-OH is 1. The Morgan fingerprint density at radius 2 is 2.36 bits per heavy atom. The van der Waals surface area contributed by atoms with Gasteiger partial charge in [-0.3, -0.25) is 9.69 Å². The number of benzene rings is 1. The van der Waals surface area contributed by atoms with Crippen LogP contribution in [0.15, 0.2) is 24.3 Å². The Kier molecular flexibility index (Phi) is 6.15. The van der Waals surface area contributed by atoms with Crippen molar-refractivity contribution in [2.45, 2.75) is 32.1 Å². The van der Waals surface area contributed by atoms with Crippen LogP contribution in [0.4, 0.5) is 4.39 Å². The molecule has 0 aromatic heterocycles. The summed E-state index contributed by atoms with van der Waals surface area (Å²) >= 11 is 0. The molecular weight excluding hydrogens is 287 g/mol. The zero-order valence-electron chi connectivity index (χ0n) is 12.8. The number of nitrogens with one attached hydrogen (secondary N) is 1. The summed E-state index contributed by atoms with van der Waals surface area (Å²) in [7, 11) is 0. The average Bonchev–Trinajstić information content (AvgIpc) is 2.85. The van der Waals surface area contributed by atoms with Gasteiger partial charge in [-0.05, 0) is 31.0 Å². The topological polar surface area (TPSA) is 61.8 Å². The van der Waals surface area contributed by atoms with Crippen molar-refractivity contribution >= 4 is 5.91 Å². The fraction of sp³-hybridized carbons (Fsp3) is 0.562. The first-order chi connectivity index (χ1) is 10.6. The van der Waals surface area contributed by atoms with E-state index in [1.807, 2.05) is 31.2 Å². The van der Waals surface area contributed by atoms with E-state index in [4.69, 9.17) is 4.74 Å². The average molecular weight is 310 g/mol. The minimum Gasteiger partial charge on any atom is -0.494 e. The van der Waals surface area contributed by atoms with E-state index in [0.29, 0.717) is 19.6 Å². The number of hydrogen-bond donors (Lipinski definition) is 2. The van der Waals surface area contributed by atoms with Gasteiger partial charge in [0.05, 0.1) is 19.8 Å². The van der Waals surface area contributed by atoms with Gasteiger partial charge >= 0.3 is 0 Å². The van der Waals surface area contributed by atoms with Gasteiger partial charge < -0.3 is 15.2 Å². The molecule has 0 unspecified atom stereocenters. The summed E-state index contributed by atoms with van der Waals surface area (Å²) < 4.78 is 18.7. The van der Waals surface area contributed by atoms with Crippen LogP contribution in [0.5, 0.6) is 5.75 Å². The molecule has 0 radical (unpaired) electrons. The number of carbonyl (C=O) groups is 1. The van der Waals surface area contributed by atoms with Gasteiger partial charge in [0, 0.05) is 19.1 Å². The van der Waals surface area contributed by atoms with Gasteiger partial charge in [-0.1, -0.05) is 12.1 Å². The van der Waals surface area contributed by atoms with Crippen molar-refractivity contribution in [2.75, 3.05) is 26.3 Å². The molecule has 1 saturated heterocycles. The van der Waals surface area contributed by atoms with Crippen molar-refractivity contribution in [3.63, 3.8) is 0 Å². The number of alkyl halides is 1. The van der Waals surface area contributed by atoms with E-state index in [-0.39, 0.29) is 31.6 Å². The van der Waals surface area contributed by atoms with Gasteiger partial charge in [-0.2, -0.15) is 0 Å². The van der Waals surface area contributed by atoms with E-state index in [0.717, 1.165) is 11.3 Å². The maximum Gasteiger partial charge on any atom is 0.234 e. The number of rotatable bonds is 7. The highest BCUT2D eigenvalue weighted by Crippen LogP contribution is 2.19. The van der Waals surface area contributed by atoms with Crippen molar-refractivity contribution in [2.24, 2.45) is 0 Å². The minimum absolute atomic E-state index is 0.108. The molecule has 1 aliphatic heterocycles. The molecule has 22 heavy (non-hydrogen) atoms. The molecule has 0 spiro atoms.